The molecule has 0 bridgehead atoms. The van der Waals surface area contributed by atoms with Crippen LogP contribution in [0.2, 0.25) is 5.02 Å². The third-order valence-corrected chi connectivity index (χ3v) is 3.48. The summed E-state index contributed by atoms with van der Waals surface area (Å²) in [5.41, 5.74) is 3.79. The van der Waals surface area contributed by atoms with Crippen molar-refractivity contribution < 1.29 is 10.2 Å². The van der Waals surface area contributed by atoms with Crippen LogP contribution in [0.3, 0.4) is 0 Å². The van der Waals surface area contributed by atoms with Gasteiger partial charge in [-0.2, -0.15) is 0 Å². The first-order valence-electron chi connectivity index (χ1n) is 6.30. The number of rotatable bonds is 4. The molecule has 2 rings (SSSR count). The molecule has 0 radical (unpaired) electrons. The van der Waals surface area contributed by atoms with Crippen molar-refractivity contribution in [2.45, 2.75) is 27.0 Å². The molecule has 0 aliphatic rings. The van der Waals surface area contributed by atoms with Crippen LogP contribution < -0.4 is 5.32 Å². The Morgan fingerprint density at radius 3 is 2.70 bits per heavy atom. The van der Waals surface area contributed by atoms with Crippen LogP contribution in [0.4, 0.5) is 5.69 Å². The van der Waals surface area contributed by atoms with Crippen molar-refractivity contribution in [3.05, 3.63) is 51.8 Å². The van der Waals surface area contributed by atoms with E-state index in [1.165, 1.54) is 0 Å². The average molecular weight is 293 g/mol. The van der Waals surface area contributed by atoms with Crippen molar-refractivity contribution in [2.75, 3.05) is 5.32 Å². The number of aryl methyl sites for hydroxylation is 2. The Hall–Kier alpha value is -1.78. The quantitative estimate of drug-likeness (QED) is 0.810. The van der Waals surface area contributed by atoms with Gasteiger partial charge in [-0.05, 0) is 37.6 Å². The maximum atomic E-state index is 10.1. The number of aromatic nitrogens is 1. The maximum absolute atomic E-state index is 10.1. The molecule has 1 aromatic carbocycles. The van der Waals surface area contributed by atoms with E-state index in [1.807, 2.05) is 25.1 Å². The smallest absolute Gasteiger partial charge is 0.142 e. The highest BCUT2D eigenvalue weighted by molar-refractivity contribution is 6.30. The normalized spacial score (nSPS) is 10.6. The molecule has 0 aliphatic heterocycles. The Kier molecular flexibility index (Phi) is 4.47. The molecule has 0 atom stereocenters. The fourth-order valence-corrected chi connectivity index (χ4v) is 2.25. The molecular weight excluding hydrogens is 276 g/mol. The largest absolute Gasteiger partial charge is 0.506 e. The molecule has 0 saturated heterocycles. The Bertz CT molecular complexity index is 630. The molecule has 0 spiro atoms. The zero-order chi connectivity index (χ0) is 14.7. The lowest BCUT2D eigenvalue weighted by atomic mass is 10.1. The van der Waals surface area contributed by atoms with Crippen LogP contribution in [-0.2, 0) is 13.2 Å². The standard InChI is InChI=1S/C15H17ClN2O2/c1-9-5-12(16)3-4-14(9)18-7-13-11(8-19)6-17-10(2)15(13)20/h3-6,18-20H,7-8H2,1-2H3. The molecule has 20 heavy (non-hydrogen) atoms. The second-order valence-electron chi connectivity index (χ2n) is 4.67. The number of hydrogen-bond donors (Lipinski definition) is 3. The minimum atomic E-state index is -0.155. The number of anilines is 1. The number of benzene rings is 1. The van der Waals surface area contributed by atoms with Gasteiger partial charge in [0.1, 0.15) is 5.75 Å². The highest BCUT2D eigenvalue weighted by Gasteiger charge is 2.11. The highest BCUT2D eigenvalue weighted by Crippen LogP contribution is 2.26. The number of nitrogens with one attached hydrogen (secondary N) is 1. The predicted octanol–water partition coefficient (Wildman–Crippen LogP) is 3.16. The number of halogens is 1. The minimum Gasteiger partial charge on any atom is -0.506 e. The Morgan fingerprint density at radius 1 is 1.30 bits per heavy atom. The summed E-state index contributed by atoms with van der Waals surface area (Å²) in [5, 5.41) is 23.3. The molecule has 106 valence electrons. The number of aromatic hydroxyl groups is 1. The third-order valence-electron chi connectivity index (χ3n) is 3.24. The summed E-state index contributed by atoms with van der Waals surface area (Å²) in [6.45, 7) is 3.94. The number of hydrogen-bond acceptors (Lipinski definition) is 4. The number of nitrogens with zero attached hydrogens (tertiary/aromatic N) is 1. The summed E-state index contributed by atoms with van der Waals surface area (Å²) in [4.78, 5) is 4.04. The predicted molar refractivity (Wildman–Crippen MR) is 80.1 cm³/mol. The Labute approximate surface area is 123 Å². The van der Waals surface area contributed by atoms with E-state index in [0.29, 0.717) is 28.4 Å². The van der Waals surface area contributed by atoms with Crippen molar-refractivity contribution in [3.63, 3.8) is 0 Å². The van der Waals surface area contributed by atoms with Gasteiger partial charge in [0.15, 0.2) is 0 Å². The number of aliphatic hydroxyl groups excluding tert-OH is 1. The number of aliphatic hydroxyl groups is 1. The first kappa shape index (κ1) is 14.6. The summed E-state index contributed by atoms with van der Waals surface area (Å²) in [6.07, 6.45) is 1.58. The van der Waals surface area contributed by atoms with Gasteiger partial charge in [0.25, 0.3) is 0 Å². The van der Waals surface area contributed by atoms with Gasteiger partial charge in [-0.1, -0.05) is 11.6 Å². The molecule has 2 aromatic rings. The van der Waals surface area contributed by atoms with E-state index in [-0.39, 0.29) is 12.4 Å². The Balaban J connectivity index is 2.24. The van der Waals surface area contributed by atoms with Gasteiger partial charge in [-0.25, -0.2) is 0 Å². The van der Waals surface area contributed by atoms with Crippen LogP contribution in [0.1, 0.15) is 22.4 Å². The molecule has 0 amide bonds. The van der Waals surface area contributed by atoms with Gasteiger partial charge in [-0.15, -0.1) is 0 Å². The van der Waals surface area contributed by atoms with Crippen molar-refractivity contribution in [2.24, 2.45) is 0 Å². The topological polar surface area (TPSA) is 65.4 Å². The zero-order valence-electron chi connectivity index (χ0n) is 11.4. The lowest BCUT2D eigenvalue weighted by molar-refractivity contribution is 0.279. The first-order chi connectivity index (χ1) is 9.52. The molecule has 0 unspecified atom stereocenters. The SMILES string of the molecule is Cc1cc(Cl)ccc1NCc1c(CO)cnc(C)c1O. The van der Waals surface area contributed by atoms with Crippen molar-refractivity contribution >= 4 is 17.3 Å². The molecule has 3 N–H and O–H groups in total. The highest BCUT2D eigenvalue weighted by atomic mass is 35.5. The van der Waals surface area contributed by atoms with Crippen LogP contribution in [-0.4, -0.2) is 15.2 Å². The van der Waals surface area contributed by atoms with Crippen molar-refractivity contribution in [1.29, 1.82) is 0 Å². The molecule has 0 saturated carbocycles. The molecule has 5 heteroatoms. The maximum Gasteiger partial charge on any atom is 0.142 e. The summed E-state index contributed by atoms with van der Waals surface area (Å²) in [5.74, 6) is 0.121. The summed E-state index contributed by atoms with van der Waals surface area (Å²) in [7, 11) is 0. The van der Waals surface area contributed by atoms with E-state index >= 15 is 0 Å². The van der Waals surface area contributed by atoms with Crippen LogP contribution in [0.25, 0.3) is 0 Å². The fraction of sp³-hybridized carbons (Fsp3) is 0.267. The van der Waals surface area contributed by atoms with Gasteiger partial charge >= 0.3 is 0 Å². The van der Waals surface area contributed by atoms with Crippen LogP contribution in [0.5, 0.6) is 5.75 Å². The fourth-order valence-electron chi connectivity index (χ4n) is 2.03. The second-order valence-corrected chi connectivity index (χ2v) is 5.10. The first-order valence-corrected chi connectivity index (χ1v) is 6.68. The summed E-state index contributed by atoms with van der Waals surface area (Å²) in [6, 6.07) is 5.57. The van der Waals surface area contributed by atoms with E-state index < -0.39 is 0 Å². The monoisotopic (exact) mass is 292 g/mol. The number of pyridine rings is 1. The van der Waals surface area contributed by atoms with Gasteiger partial charge in [0.05, 0.1) is 12.3 Å². The van der Waals surface area contributed by atoms with E-state index in [1.54, 1.807) is 13.1 Å². The zero-order valence-corrected chi connectivity index (χ0v) is 12.2. The molecule has 0 fully saturated rings. The molecule has 1 heterocycles. The van der Waals surface area contributed by atoms with Gasteiger partial charge < -0.3 is 15.5 Å². The molecule has 1 aromatic heterocycles. The van der Waals surface area contributed by atoms with Crippen molar-refractivity contribution in [3.8, 4) is 5.75 Å². The van der Waals surface area contributed by atoms with Crippen molar-refractivity contribution in [1.82, 2.24) is 4.98 Å². The van der Waals surface area contributed by atoms with Crippen LogP contribution >= 0.6 is 11.6 Å². The Morgan fingerprint density at radius 2 is 2.05 bits per heavy atom. The van der Waals surface area contributed by atoms with Crippen LogP contribution in [0, 0.1) is 13.8 Å². The van der Waals surface area contributed by atoms with Gasteiger partial charge in [0.2, 0.25) is 0 Å². The van der Waals surface area contributed by atoms with Gasteiger partial charge in [-0.3, -0.25) is 4.98 Å². The molecule has 4 nitrogen and oxygen atoms in total. The lowest BCUT2D eigenvalue weighted by Gasteiger charge is -2.14. The molecule has 0 aliphatic carbocycles. The second kappa shape index (κ2) is 6.11. The summed E-state index contributed by atoms with van der Waals surface area (Å²) >= 11 is 5.92. The summed E-state index contributed by atoms with van der Waals surface area (Å²) < 4.78 is 0. The van der Waals surface area contributed by atoms with E-state index in [4.69, 9.17) is 11.6 Å². The minimum absolute atomic E-state index is 0.121. The van der Waals surface area contributed by atoms with Gasteiger partial charge in [0, 0.05) is 34.6 Å². The lowest BCUT2D eigenvalue weighted by Crippen LogP contribution is -2.06. The van der Waals surface area contributed by atoms with E-state index in [2.05, 4.69) is 10.3 Å². The average Bonchev–Trinajstić information content (AvgIpc) is 2.42. The van der Waals surface area contributed by atoms with Crippen LogP contribution in [0.15, 0.2) is 24.4 Å². The molecular formula is C15H17ClN2O2. The van der Waals surface area contributed by atoms with E-state index in [9.17, 15) is 10.2 Å². The third kappa shape index (κ3) is 3.03. The van der Waals surface area contributed by atoms with E-state index in [0.717, 1.165) is 11.3 Å².